The Labute approximate surface area is 177 Å². The summed E-state index contributed by atoms with van der Waals surface area (Å²) >= 11 is 1.58. The lowest BCUT2D eigenvalue weighted by Gasteiger charge is -2.21. The molecule has 4 rings (SSSR count). The third-order valence-electron chi connectivity index (χ3n) is 5.28. The summed E-state index contributed by atoms with van der Waals surface area (Å²) in [6.07, 6.45) is 2.51. The average Bonchev–Trinajstić information content (AvgIpc) is 3.30. The molecule has 1 unspecified atom stereocenters. The first-order chi connectivity index (χ1) is 14.2. The summed E-state index contributed by atoms with van der Waals surface area (Å²) in [5.41, 5.74) is 4.23. The van der Waals surface area contributed by atoms with Crippen molar-refractivity contribution in [2.75, 3.05) is 23.3 Å². The summed E-state index contributed by atoms with van der Waals surface area (Å²) in [5, 5.41) is 2.86. The van der Waals surface area contributed by atoms with Gasteiger partial charge in [0.25, 0.3) is 0 Å². The minimum Gasteiger partial charge on any atom is -0.372 e. The Kier molecular flexibility index (Phi) is 6.20. The molecule has 0 saturated carbocycles. The Balaban J connectivity index is 1.54. The zero-order valence-corrected chi connectivity index (χ0v) is 17.5. The normalized spacial score (nSPS) is 14.6. The van der Waals surface area contributed by atoms with Crippen molar-refractivity contribution in [2.24, 2.45) is 0 Å². The van der Waals surface area contributed by atoms with Gasteiger partial charge in [-0.1, -0.05) is 48.5 Å². The number of benzene rings is 3. The molecule has 1 heterocycles. The van der Waals surface area contributed by atoms with E-state index in [9.17, 15) is 4.79 Å². The van der Waals surface area contributed by atoms with Crippen LogP contribution in [0.2, 0.25) is 0 Å². The number of nitrogens with one attached hydrogen (secondary N) is 1. The third-order valence-corrected chi connectivity index (χ3v) is 6.54. The number of thioether (sulfide) groups is 1. The maximum Gasteiger partial charge on any atom is 0.242 e. The van der Waals surface area contributed by atoms with Gasteiger partial charge in [0.1, 0.15) is 5.25 Å². The van der Waals surface area contributed by atoms with Crippen molar-refractivity contribution in [3.05, 3.63) is 90.0 Å². The number of carbonyl (C=O) groups excluding carboxylic acids is 1. The van der Waals surface area contributed by atoms with Crippen LogP contribution in [-0.2, 0) is 4.79 Å². The second-order valence-corrected chi connectivity index (χ2v) is 8.58. The molecule has 0 radical (unpaired) electrons. The van der Waals surface area contributed by atoms with Crippen LogP contribution in [0.1, 0.15) is 29.2 Å². The van der Waals surface area contributed by atoms with E-state index in [4.69, 9.17) is 0 Å². The van der Waals surface area contributed by atoms with Crippen LogP contribution >= 0.6 is 11.8 Å². The van der Waals surface area contributed by atoms with Crippen molar-refractivity contribution < 1.29 is 4.79 Å². The lowest BCUT2D eigenvalue weighted by atomic mass is 10.1. The number of aryl methyl sites for hydroxylation is 1. The van der Waals surface area contributed by atoms with E-state index in [1.165, 1.54) is 18.5 Å². The summed E-state index contributed by atoms with van der Waals surface area (Å²) in [5.74, 6) is 0.00192. The van der Waals surface area contributed by atoms with Crippen molar-refractivity contribution in [1.29, 1.82) is 0 Å². The Hall–Kier alpha value is -2.72. The van der Waals surface area contributed by atoms with Gasteiger partial charge in [-0.3, -0.25) is 4.79 Å². The van der Waals surface area contributed by atoms with Crippen LogP contribution in [0, 0.1) is 6.92 Å². The second-order valence-electron chi connectivity index (χ2n) is 7.40. The fourth-order valence-electron chi connectivity index (χ4n) is 3.69. The molecule has 0 aromatic heterocycles. The second kappa shape index (κ2) is 9.19. The molecule has 0 bridgehead atoms. The van der Waals surface area contributed by atoms with E-state index in [0.717, 1.165) is 34.8 Å². The van der Waals surface area contributed by atoms with Crippen molar-refractivity contribution >= 4 is 29.0 Å². The predicted octanol–water partition coefficient (Wildman–Crippen LogP) is 6.07. The highest BCUT2D eigenvalue weighted by molar-refractivity contribution is 8.00. The fourth-order valence-corrected chi connectivity index (χ4v) is 4.74. The van der Waals surface area contributed by atoms with Crippen molar-refractivity contribution in [2.45, 2.75) is 29.9 Å². The molecule has 3 aromatic rings. The number of anilines is 2. The summed E-state index contributed by atoms with van der Waals surface area (Å²) in [6.45, 7) is 4.31. The van der Waals surface area contributed by atoms with E-state index >= 15 is 0 Å². The molecule has 1 fully saturated rings. The number of carbonyl (C=O) groups is 1. The molecule has 4 heteroatoms. The Bertz CT molecular complexity index is 953. The van der Waals surface area contributed by atoms with Crippen LogP contribution < -0.4 is 10.2 Å². The molecule has 1 aliphatic heterocycles. The standard InChI is InChI=1S/C25H26N2OS/c1-19-18-21(27-16-8-9-17-27)14-15-23(19)26-25(28)24(20-10-4-2-5-11-20)29-22-12-6-3-7-13-22/h2-7,10-15,18,24H,8-9,16-17H2,1H3,(H,26,28). The molecule has 1 N–H and O–H groups in total. The van der Waals surface area contributed by atoms with Crippen LogP contribution in [0.5, 0.6) is 0 Å². The fraction of sp³-hybridized carbons (Fsp3) is 0.240. The quantitative estimate of drug-likeness (QED) is 0.508. The molecule has 3 nitrogen and oxygen atoms in total. The average molecular weight is 403 g/mol. The minimum atomic E-state index is -0.309. The smallest absolute Gasteiger partial charge is 0.242 e. The number of amides is 1. The van der Waals surface area contributed by atoms with Crippen LogP contribution in [0.3, 0.4) is 0 Å². The lowest BCUT2D eigenvalue weighted by Crippen LogP contribution is -2.20. The first-order valence-corrected chi connectivity index (χ1v) is 11.0. The maximum absolute atomic E-state index is 13.3. The van der Waals surface area contributed by atoms with Crippen molar-refractivity contribution in [1.82, 2.24) is 0 Å². The highest BCUT2D eigenvalue weighted by Crippen LogP contribution is 2.36. The van der Waals surface area contributed by atoms with Crippen LogP contribution in [-0.4, -0.2) is 19.0 Å². The molecule has 29 heavy (non-hydrogen) atoms. The topological polar surface area (TPSA) is 32.3 Å². The Morgan fingerprint density at radius 1 is 0.931 bits per heavy atom. The van der Waals surface area contributed by atoms with Gasteiger partial charge in [0.2, 0.25) is 5.91 Å². The van der Waals surface area contributed by atoms with Crippen LogP contribution in [0.4, 0.5) is 11.4 Å². The summed E-state index contributed by atoms with van der Waals surface area (Å²) in [6, 6.07) is 26.4. The van der Waals surface area contributed by atoms with Gasteiger partial charge in [-0.05, 0) is 61.2 Å². The van der Waals surface area contributed by atoms with Gasteiger partial charge in [0.05, 0.1) is 0 Å². The Morgan fingerprint density at radius 2 is 1.59 bits per heavy atom. The molecule has 148 valence electrons. The van der Waals surface area contributed by atoms with Gasteiger partial charge in [0, 0.05) is 29.4 Å². The van der Waals surface area contributed by atoms with Crippen molar-refractivity contribution in [3.8, 4) is 0 Å². The number of hydrogen-bond acceptors (Lipinski definition) is 3. The molecule has 1 saturated heterocycles. The van der Waals surface area contributed by atoms with Gasteiger partial charge in [0.15, 0.2) is 0 Å². The van der Waals surface area contributed by atoms with E-state index in [1.54, 1.807) is 11.8 Å². The van der Waals surface area contributed by atoms with E-state index in [0.29, 0.717) is 0 Å². The molecule has 1 atom stereocenters. The van der Waals surface area contributed by atoms with Crippen molar-refractivity contribution in [3.63, 3.8) is 0 Å². The molecular formula is C25H26N2OS. The molecule has 1 aliphatic rings. The first-order valence-electron chi connectivity index (χ1n) is 10.1. The minimum absolute atomic E-state index is 0.00192. The summed E-state index contributed by atoms with van der Waals surface area (Å²) in [7, 11) is 0. The monoisotopic (exact) mass is 402 g/mol. The van der Waals surface area contributed by atoms with E-state index in [1.807, 2.05) is 66.7 Å². The summed E-state index contributed by atoms with van der Waals surface area (Å²) in [4.78, 5) is 16.8. The zero-order chi connectivity index (χ0) is 20.1. The predicted molar refractivity (Wildman–Crippen MR) is 123 cm³/mol. The molecule has 0 spiro atoms. The van der Waals surface area contributed by atoms with E-state index < -0.39 is 0 Å². The van der Waals surface area contributed by atoms with Gasteiger partial charge in [-0.25, -0.2) is 0 Å². The van der Waals surface area contributed by atoms with Gasteiger partial charge in [-0.2, -0.15) is 0 Å². The molecule has 3 aromatic carbocycles. The van der Waals surface area contributed by atoms with Gasteiger partial charge < -0.3 is 10.2 Å². The highest BCUT2D eigenvalue weighted by Gasteiger charge is 2.23. The molecule has 0 aliphatic carbocycles. The summed E-state index contributed by atoms with van der Waals surface area (Å²) < 4.78 is 0. The zero-order valence-electron chi connectivity index (χ0n) is 16.7. The van der Waals surface area contributed by atoms with Crippen LogP contribution in [0.15, 0.2) is 83.8 Å². The number of hydrogen-bond donors (Lipinski definition) is 1. The van der Waals surface area contributed by atoms with Gasteiger partial charge in [-0.15, -0.1) is 11.8 Å². The van der Waals surface area contributed by atoms with E-state index in [2.05, 4.69) is 29.3 Å². The number of nitrogens with zero attached hydrogens (tertiary/aromatic N) is 1. The third kappa shape index (κ3) is 4.83. The Morgan fingerprint density at radius 3 is 2.24 bits per heavy atom. The molecular weight excluding hydrogens is 376 g/mol. The SMILES string of the molecule is Cc1cc(N2CCCC2)ccc1NC(=O)C(Sc1ccccc1)c1ccccc1. The molecule has 1 amide bonds. The maximum atomic E-state index is 13.3. The van der Waals surface area contributed by atoms with Crippen LogP contribution in [0.25, 0.3) is 0 Å². The van der Waals surface area contributed by atoms with E-state index in [-0.39, 0.29) is 11.2 Å². The highest BCUT2D eigenvalue weighted by atomic mass is 32.2. The van der Waals surface area contributed by atoms with Gasteiger partial charge >= 0.3 is 0 Å². The largest absolute Gasteiger partial charge is 0.372 e. The lowest BCUT2D eigenvalue weighted by molar-refractivity contribution is -0.115. The first kappa shape index (κ1) is 19.6. The number of rotatable bonds is 6.